The third kappa shape index (κ3) is 5.35. The molecule has 0 bridgehead atoms. The summed E-state index contributed by atoms with van der Waals surface area (Å²) in [4.78, 5) is 21.2. The molecule has 0 saturated heterocycles. The number of carbonyl (C=O) groups excluding carboxylic acids is 1. The molecule has 1 aliphatic carbocycles. The number of urea groups is 1. The number of nitrogens with one attached hydrogen (secondary N) is 3. The van der Waals surface area contributed by atoms with E-state index in [9.17, 15) is 4.79 Å². The van der Waals surface area contributed by atoms with Gasteiger partial charge < -0.3 is 20.7 Å². The van der Waals surface area contributed by atoms with Crippen LogP contribution in [-0.4, -0.2) is 29.2 Å². The predicted octanol–water partition coefficient (Wildman–Crippen LogP) is 5.66. The van der Waals surface area contributed by atoms with Crippen molar-refractivity contribution in [2.24, 2.45) is 0 Å². The van der Waals surface area contributed by atoms with E-state index in [0.29, 0.717) is 5.82 Å². The zero-order chi connectivity index (χ0) is 22.3. The lowest BCUT2D eigenvalue weighted by atomic mass is 9.96. The maximum absolute atomic E-state index is 12.5. The molecule has 166 valence electrons. The van der Waals surface area contributed by atoms with Gasteiger partial charge in [-0.2, -0.15) is 0 Å². The summed E-state index contributed by atoms with van der Waals surface area (Å²) in [5.74, 6) is 1.41. The Morgan fingerprint density at radius 2 is 1.84 bits per heavy atom. The Morgan fingerprint density at radius 3 is 2.66 bits per heavy atom. The van der Waals surface area contributed by atoms with E-state index in [2.05, 4.69) is 25.9 Å². The molecule has 1 aromatic heterocycles. The smallest absolute Gasteiger partial charge is 0.319 e. The van der Waals surface area contributed by atoms with Crippen molar-refractivity contribution in [3.63, 3.8) is 0 Å². The molecule has 1 aliphatic rings. The van der Waals surface area contributed by atoms with Crippen LogP contribution >= 0.6 is 0 Å². The van der Waals surface area contributed by atoms with Crippen molar-refractivity contribution in [1.82, 2.24) is 15.3 Å². The van der Waals surface area contributed by atoms with Gasteiger partial charge >= 0.3 is 6.03 Å². The van der Waals surface area contributed by atoms with Gasteiger partial charge in [0.25, 0.3) is 0 Å². The summed E-state index contributed by atoms with van der Waals surface area (Å²) in [7, 11) is 1.64. The van der Waals surface area contributed by atoms with E-state index in [1.807, 2.05) is 55.5 Å². The summed E-state index contributed by atoms with van der Waals surface area (Å²) in [5, 5.41) is 9.40. The molecule has 0 aliphatic heterocycles. The number of nitrogens with zero attached hydrogens (tertiary/aromatic N) is 2. The number of hydrogen-bond donors (Lipinski definition) is 3. The van der Waals surface area contributed by atoms with Crippen LogP contribution in [0.1, 0.15) is 37.7 Å². The Labute approximate surface area is 188 Å². The van der Waals surface area contributed by atoms with Gasteiger partial charge in [0, 0.05) is 29.0 Å². The highest BCUT2D eigenvalue weighted by atomic mass is 16.5. The number of anilines is 3. The second-order valence-corrected chi connectivity index (χ2v) is 8.08. The van der Waals surface area contributed by atoms with Crippen LogP contribution in [0.3, 0.4) is 0 Å². The molecule has 4 rings (SSSR count). The maximum Gasteiger partial charge on any atom is 0.319 e. The average molecular weight is 432 g/mol. The van der Waals surface area contributed by atoms with Crippen LogP contribution in [0.2, 0.25) is 0 Å². The number of para-hydroxylation sites is 1. The first kappa shape index (κ1) is 21.6. The molecule has 1 fully saturated rings. The van der Waals surface area contributed by atoms with E-state index < -0.39 is 0 Å². The Hall–Kier alpha value is -3.61. The van der Waals surface area contributed by atoms with E-state index in [0.717, 1.165) is 46.8 Å². The number of carbonyl (C=O) groups is 1. The molecule has 0 atom stereocenters. The largest absolute Gasteiger partial charge is 0.496 e. The van der Waals surface area contributed by atoms with E-state index in [1.165, 1.54) is 25.6 Å². The van der Waals surface area contributed by atoms with Gasteiger partial charge in [0.15, 0.2) is 0 Å². The van der Waals surface area contributed by atoms with Gasteiger partial charge in [-0.25, -0.2) is 14.8 Å². The lowest BCUT2D eigenvalue weighted by Crippen LogP contribution is -2.39. The highest BCUT2D eigenvalue weighted by molar-refractivity contribution is 5.91. The summed E-state index contributed by atoms with van der Waals surface area (Å²) in [6.45, 7) is 1.98. The summed E-state index contributed by atoms with van der Waals surface area (Å²) < 4.78 is 5.45. The number of hydrogen-bond acceptors (Lipinski definition) is 5. The summed E-state index contributed by atoms with van der Waals surface area (Å²) >= 11 is 0. The van der Waals surface area contributed by atoms with Crippen LogP contribution in [0.5, 0.6) is 5.75 Å². The number of aryl methyl sites for hydroxylation is 1. The van der Waals surface area contributed by atoms with Crippen LogP contribution in [0.25, 0.3) is 11.3 Å². The third-order valence-corrected chi connectivity index (χ3v) is 5.75. The molecule has 2 aromatic carbocycles. The molecule has 3 aromatic rings. The SMILES string of the molecule is COc1ccccc1-c1cc(Nc2ccc(C)c(NC(=O)NC3CCCCC3)c2)ncn1. The van der Waals surface area contributed by atoms with Crippen LogP contribution < -0.4 is 20.7 Å². The standard InChI is InChI=1S/C25H29N5O2/c1-17-12-13-19(14-21(17)30-25(31)29-18-8-4-3-5-9-18)28-24-15-22(26-16-27-24)20-10-6-7-11-23(20)32-2/h6-7,10-16,18H,3-5,8-9H2,1-2H3,(H,26,27,28)(H2,29,30,31). The molecule has 3 N–H and O–H groups in total. The molecular formula is C25H29N5O2. The number of methoxy groups -OCH3 is 1. The fourth-order valence-electron chi connectivity index (χ4n) is 4.00. The van der Waals surface area contributed by atoms with E-state index in [-0.39, 0.29) is 12.1 Å². The lowest BCUT2D eigenvalue weighted by molar-refractivity contribution is 0.244. The maximum atomic E-state index is 12.5. The summed E-state index contributed by atoms with van der Waals surface area (Å²) in [6.07, 6.45) is 7.24. The predicted molar refractivity (Wildman–Crippen MR) is 128 cm³/mol. The molecule has 2 amide bonds. The van der Waals surface area contributed by atoms with Gasteiger partial charge in [-0.1, -0.05) is 37.5 Å². The Kier molecular flexibility index (Phi) is 6.84. The molecule has 7 heteroatoms. The number of amides is 2. The Morgan fingerprint density at radius 1 is 1.03 bits per heavy atom. The zero-order valence-corrected chi connectivity index (χ0v) is 18.5. The minimum absolute atomic E-state index is 0.155. The number of rotatable bonds is 6. The van der Waals surface area contributed by atoms with Crippen molar-refractivity contribution in [3.8, 4) is 17.0 Å². The van der Waals surface area contributed by atoms with Crippen molar-refractivity contribution >= 4 is 23.2 Å². The molecule has 0 radical (unpaired) electrons. The van der Waals surface area contributed by atoms with E-state index in [4.69, 9.17) is 4.74 Å². The van der Waals surface area contributed by atoms with Gasteiger partial charge in [0.2, 0.25) is 0 Å². The highest BCUT2D eigenvalue weighted by Crippen LogP contribution is 2.30. The van der Waals surface area contributed by atoms with Crippen LogP contribution in [-0.2, 0) is 0 Å². The minimum atomic E-state index is -0.155. The van der Waals surface area contributed by atoms with Crippen molar-refractivity contribution in [2.45, 2.75) is 45.1 Å². The first-order valence-electron chi connectivity index (χ1n) is 11.0. The second-order valence-electron chi connectivity index (χ2n) is 8.08. The van der Waals surface area contributed by atoms with Gasteiger partial charge in [0.05, 0.1) is 12.8 Å². The molecule has 32 heavy (non-hydrogen) atoms. The van der Waals surface area contributed by atoms with Gasteiger partial charge in [-0.15, -0.1) is 0 Å². The van der Waals surface area contributed by atoms with Crippen molar-refractivity contribution in [3.05, 3.63) is 60.4 Å². The summed E-state index contributed by atoms with van der Waals surface area (Å²) in [6, 6.07) is 15.6. The topological polar surface area (TPSA) is 88.2 Å². The number of aromatic nitrogens is 2. The van der Waals surface area contributed by atoms with E-state index in [1.54, 1.807) is 7.11 Å². The fourth-order valence-corrected chi connectivity index (χ4v) is 4.00. The summed E-state index contributed by atoms with van der Waals surface area (Å²) in [5.41, 5.74) is 4.24. The van der Waals surface area contributed by atoms with Crippen molar-refractivity contribution in [2.75, 3.05) is 17.7 Å². The molecule has 1 saturated carbocycles. The molecule has 0 spiro atoms. The minimum Gasteiger partial charge on any atom is -0.496 e. The van der Waals surface area contributed by atoms with Crippen molar-refractivity contribution < 1.29 is 9.53 Å². The quantitative estimate of drug-likeness (QED) is 0.469. The first-order chi connectivity index (χ1) is 15.6. The van der Waals surface area contributed by atoms with Crippen LogP contribution in [0.4, 0.5) is 22.0 Å². The molecule has 0 unspecified atom stereocenters. The third-order valence-electron chi connectivity index (χ3n) is 5.75. The second kappa shape index (κ2) is 10.1. The normalized spacial score (nSPS) is 13.9. The lowest BCUT2D eigenvalue weighted by Gasteiger charge is -2.23. The first-order valence-corrected chi connectivity index (χ1v) is 11.0. The van der Waals surface area contributed by atoms with Crippen molar-refractivity contribution in [1.29, 1.82) is 0 Å². The van der Waals surface area contributed by atoms with Gasteiger partial charge in [-0.05, 0) is 49.6 Å². The zero-order valence-electron chi connectivity index (χ0n) is 18.5. The molecule has 1 heterocycles. The highest BCUT2D eigenvalue weighted by Gasteiger charge is 2.16. The molecular weight excluding hydrogens is 402 g/mol. The van der Waals surface area contributed by atoms with Crippen LogP contribution in [0, 0.1) is 6.92 Å². The number of benzene rings is 2. The molecule has 7 nitrogen and oxygen atoms in total. The van der Waals surface area contributed by atoms with E-state index >= 15 is 0 Å². The average Bonchev–Trinajstić information content (AvgIpc) is 2.82. The van der Waals surface area contributed by atoms with Crippen LogP contribution in [0.15, 0.2) is 54.9 Å². The fraction of sp³-hybridized carbons (Fsp3) is 0.320. The Bertz CT molecular complexity index is 1080. The van der Waals surface area contributed by atoms with Gasteiger partial charge in [0.1, 0.15) is 17.9 Å². The monoisotopic (exact) mass is 431 g/mol. The Balaban J connectivity index is 1.47. The number of ether oxygens (including phenoxy) is 1. The van der Waals surface area contributed by atoms with Gasteiger partial charge in [-0.3, -0.25) is 0 Å².